The molecule has 0 unspecified atom stereocenters. The molecule has 0 atom stereocenters. The quantitative estimate of drug-likeness (QED) is 0.502. The SMILES string of the molecule is Cc1ccc(CNC(=O)NCC(=O)NCCSc2ccccc2)cc1. The highest BCUT2D eigenvalue weighted by atomic mass is 32.2. The fourth-order valence-electron chi connectivity index (χ4n) is 2.05. The third-order valence-corrected chi connectivity index (χ3v) is 4.43. The predicted molar refractivity (Wildman–Crippen MR) is 102 cm³/mol. The first-order chi connectivity index (χ1) is 12.1. The lowest BCUT2D eigenvalue weighted by atomic mass is 10.1. The number of carbonyl (C=O) groups excluding carboxylic acids is 2. The van der Waals surface area contributed by atoms with Gasteiger partial charge in [-0.2, -0.15) is 0 Å². The predicted octanol–water partition coefficient (Wildman–Crippen LogP) is 2.70. The maximum absolute atomic E-state index is 11.7. The van der Waals surface area contributed by atoms with E-state index in [1.165, 1.54) is 10.5 Å². The van der Waals surface area contributed by atoms with Gasteiger partial charge in [0.2, 0.25) is 5.91 Å². The molecule has 0 bridgehead atoms. The van der Waals surface area contributed by atoms with Gasteiger partial charge < -0.3 is 16.0 Å². The van der Waals surface area contributed by atoms with Crippen LogP contribution in [0, 0.1) is 6.92 Å². The topological polar surface area (TPSA) is 70.2 Å². The minimum Gasteiger partial charge on any atom is -0.354 e. The Bertz CT molecular complexity index is 675. The molecule has 0 saturated carbocycles. The maximum Gasteiger partial charge on any atom is 0.315 e. The average molecular weight is 357 g/mol. The Hall–Kier alpha value is -2.47. The molecule has 5 nitrogen and oxygen atoms in total. The van der Waals surface area contributed by atoms with Crippen molar-refractivity contribution in [3.8, 4) is 0 Å². The normalized spacial score (nSPS) is 10.1. The second kappa shape index (κ2) is 10.4. The molecular weight excluding hydrogens is 334 g/mol. The summed E-state index contributed by atoms with van der Waals surface area (Å²) < 4.78 is 0. The number of rotatable bonds is 8. The summed E-state index contributed by atoms with van der Waals surface area (Å²) in [5.41, 5.74) is 2.19. The lowest BCUT2D eigenvalue weighted by Crippen LogP contribution is -2.42. The van der Waals surface area contributed by atoms with Crippen LogP contribution in [0.5, 0.6) is 0 Å². The lowest BCUT2D eigenvalue weighted by Gasteiger charge is -2.09. The Morgan fingerprint density at radius 2 is 1.64 bits per heavy atom. The van der Waals surface area contributed by atoms with E-state index >= 15 is 0 Å². The number of urea groups is 1. The Balaban J connectivity index is 1.54. The van der Waals surface area contributed by atoms with Crippen LogP contribution in [0.15, 0.2) is 59.5 Å². The molecule has 0 aromatic heterocycles. The summed E-state index contributed by atoms with van der Waals surface area (Å²) in [6.07, 6.45) is 0. The minimum atomic E-state index is -0.352. The van der Waals surface area contributed by atoms with Crippen molar-refractivity contribution in [2.24, 2.45) is 0 Å². The lowest BCUT2D eigenvalue weighted by molar-refractivity contribution is -0.119. The Labute approximate surface area is 152 Å². The first kappa shape index (κ1) is 18.9. The molecule has 0 heterocycles. The van der Waals surface area contributed by atoms with Gasteiger partial charge in [0, 0.05) is 23.7 Å². The number of nitrogens with one attached hydrogen (secondary N) is 3. The number of aryl methyl sites for hydroxylation is 1. The van der Waals surface area contributed by atoms with Crippen LogP contribution in [0.25, 0.3) is 0 Å². The van der Waals surface area contributed by atoms with Crippen molar-refractivity contribution in [2.75, 3.05) is 18.8 Å². The van der Waals surface area contributed by atoms with Gasteiger partial charge in [-0.3, -0.25) is 4.79 Å². The van der Waals surface area contributed by atoms with Crippen LogP contribution < -0.4 is 16.0 Å². The standard InChI is InChI=1S/C19H23N3O2S/c1-15-7-9-16(10-8-15)13-21-19(24)22-14-18(23)20-11-12-25-17-5-3-2-4-6-17/h2-10H,11-14H2,1H3,(H,20,23)(H2,21,22,24). The molecule has 3 N–H and O–H groups in total. The number of thioether (sulfide) groups is 1. The van der Waals surface area contributed by atoms with Gasteiger partial charge in [-0.1, -0.05) is 48.0 Å². The summed E-state index contributed by atoms with van der Waals surface area (Å²) in [5, 5.41) is 8.07. The van der Waals surface area contributed by atoms with Gasteiger partial charge in [-0.15, -0.1) is 11.8 Å². The molecule has 132 valence electrons. The zero-order valence-electron chi connectivity index (χ0n) is 14.2. The maximum atomic E-state index is 11.7. The van der Waals surface area contributed by atoms with Gasteiger partial charge in [0.1, 0.15) is 0 Å². The first-order valence-electron chi connectivity index (χ1n) is 8.15. The van der Waals surface area contributed by atoms with Crippen LogP contribution >= 0.6 is 11.8 Å². The molecule has 6 heteroatoms. The molecule has 25 heavy (non-hydrogen) atoms. The molecule has 2 rings (SSSR count). The van der Waals surface area contributed by atoms with Crippen molar-refractivity contribution >= 4 is 23.7 Å². The molecule has 0 aliphatic rings. The van der Waals surface area contributed by atoms with Crippen molar-refractivity contribution in [3.63, 3.8) is 0 Å². The number of benzene rings is 2. The van der Waals surface area contributed by atoms with E-state index in [4.69, 9.17) is 0 Å². The average Bonchev–Trinajstić information content (AvgIpc) is 2.64. The van der Waals surface area contributed by atoms with Gasteiger partial charge >= 0.3 is 6.03 Å². The van der Waals surface area contributed by atoms with Crippen LogP contribution in [0.2, 0.25) is 0 Å². The summed E-state index contributed by atoms with van der Waals surface area (Å²) in [7, 11) is 0. The van der Waals surface area contributed by atoms with Gasteiger partial charge in [-0.25, -0.2) is 4.79 Å². The molecule has 0 spiro atoms. The van der Waals surface area contributed by atoms with Crippen LogP contribution in [0.3, 0.4) is 0 Å². The highest BCUT2D eigenvalue weighted by Gasteiger charge is 2.04. The molecule has 0 radical (unpaired) electrons. The van der Waals surface area contributed by atoms with E-state index in [0.29, 0.717) is 13.1 Å². The second-order valence-corrected chi connectivity index (χ2v) is 6.70. The van der Waals surface area contributed by atoms with Crippen molar-refractivity contribution in [1.82, 2.24) is 16.0 Å². The van der Waals surface area contributed by atoms with E-state index in [0.717, 1.165) is 11.3 Å². The summed E-state index contributed by atoms with van der Waals surface area (Å²) in [6, 6.07) is 17.6. The van der Waals surface area contributed by atoms with Crippen molar-refractivity contribution < 1.29 is 9.59 Å². The van der Waals surface area contributed by atoms with Crippen LogP contribution in [0.1, 0.15) is 11.1 Å². The van der Waals surface area contributed by atoms with E-state index in [1.54, 1.807) is 11.8 Å². The molecule has 0 fully saturated rings. The number of amides is 3. The molecule has 2 aromatic rings. The monoisotopic (exact) mass is 357 g/mol. The number of hydrogen-bond donors (Lipinski definition) is 3. The van der Waals surface area contributed by atoms with Gasteiger partial charge in [0.15, 0.2) is 0 Å². The third kappa shape index (κ3) is 7.76. The summed E-state index contributed by atoms with van der Waals surface area (Å²) in [5.74, 6) is 0.592. The third-order valence-electron chi connectivity index (χ3n) is 3.42. The van der Waals surface area contributed by atoms with Gasteiger partial charge in [-0.05, 0) is 24.6 Å². The zero-order chi connectivity index (χ0) is 17.9. The van der Waals surface area contributed by atoms with E-state index in [-0.39, 0.29) is 18.5 Å². The Morgan fingerprint density at radius 3 is 2.36 bits per heavy atom. The molecule has 0 saturated heterocycles. The summed E-state index contributed by atoms with van der Waals surface area (Å²) >= 11 is 1.68. The summed E-state index contributed by atoms with van der Waals surface area (Å²) in [6.45, 7) is 2.98. The van der Waals surface area contributed by atoms with Crippen molar-refractivity contribution in [3.05, 3.63) is 65.7 Å². The Kier molecular flexibility index (Phi) is 7.85. The number of hydrogen-bond acceptors (Lipinski definition) is 3. The minimum absolute atomic E-state index is 0.0320. The van der Waals surface area contributed by atoms with Crippen LogP contribution in [-0.2, 0) is 11.3 Å². The van der Waals surface area contributed by atoms with E-state index < -0.39 is 0 Å². The number of carbonyl (C=O) groups is 2. The molecule has 0 aliphatic carbocycles. The van der Waals surface area contributed by atoms with Gasteiger partial charge in [0.05, 0.1) is 6.54 Å². The highest BCUT2D eigenvalue weighted by Crippen LogP contribution is 2.15. The van der Waals surface area contributed by atoms with Crippen molar-refractivity contribution in [2.45, 2.75) is 18.4 Å². The zero-order valence-corrected chi connectivity index (χ0v) is 15.1. The van der Waals surface area contributed by atoms with Gasteiger partial charge in [0.25, 0.3) is 0 Å². The molecule has 2 aromatic carbocycles. The highest BCUT2D eigenvalue weighted by molar-refractivity contribution is 7.99. The molecule has 3 amide bonds. The smallest absolute Gasteiger partial charge is 0.315 e. The molecule has 0 aliphatic heterocycles. The first-order valence-corrected chi connectivity index (χ1v) is 9.14. The van der Waals surface area contributed by atoms with Crippen molar-refractivity contribution in [1.29, 1.82) is 0 Å². The van der Waals surface area contributed by atoms with E-state index in [2.05, 4.69) is 16.0 Å². The fraction of sp³-hybridized carbons (Fsp3) is 0.263. The second-order valence-electron chi connectivity index (χ2n) is 5.53. The van der Waals surface area contributed by atoms with E-state index in [9.17, 15) is 9.59 Å². The largest absolute Gasteiger partial charge is 0.354 e. The molecular formula is C19H23N3O2S. The van der Waals surface area contributed by atoms with Crippen LogP contribution in [0.4, 0.5) is 4.79 Å². The summed E-state index contributed by atoms with van der Waals surface area (Å²) in [4.78, 5) is 24.6. The van der Waals surface area contributed by atoms with Crippen LogP contribution in [-0.4, -0.2) is 30.8 Å². The fourth-order valence-corrected chi connectivity index (χ4v) is 2.84. The van der Waals surface area contributed by atoms with E-state index in [1.807, 2.05) is 61.5 Å². The Morgan fingerprint density at radius 1 is 0.920 bits per heavy atom.